The zero-order chi connectivity index (χ0) is 14.0. The van der Waals surface area contributed by atoms with Gasteiger partial charge < -0.3 is 15.0 Å². The second-order valence-electron chi connectivity index (χ2n) is 3.82. The first-order valence-electron chi connectivity index (χ1n) is 5.24. The Morgan fingerprint density at radius 2 is 2.32 bits per heavy atom. The molecular formula is C11H10BrN3O3S. The summed E-state index contributed by atoms with van der Waals surface area (Å²) in [5.74, 6) is -1.63. The molecule has 6 nitrogen and oxygen atoms in total. The number of aromatic nitrogens is 2. The van der Waals surface area contributed by atoms with Gasteiger partial charge >= 0.3 is 5.97 Å². The molecule has 2 aromatic rings. The third-order valence-electron chi connectivity index (χ3n) is 2.42. The second-order valence-corrected chi connectivity index (χ2v) is 5.74. The van der Waals surface area contributed by atoms with Crippen LogP contribution in [0.4, 0.5) is 0 Å². The van der Waals surface area contributed by atoms with Crippen LogP contribution < -0.4 is 0 Å². The average molecular weight is 344 g/mol. The number of hydrogen-bond donors (Lipinski definition) is 2. The molecule has 0 saturated carbocycles. The van der Waals surface area contributed by atoms with Gasteiger partial charge in [-0.3, -0.25) is 4.79 Å². The highest BCUT2D eigenvalue weighted by atomic mass is 79.9. The van der Waals surface area contributed by atoms with Crippen molar-refractivity contribution in [3.05, 3.63) is 38.5 Å². The van der Waals surface area contributed by atoms with Crippen LogP contribution in [0.5, 0.6) is 0 Å². The number of halogens is 1. The number of imidazole rings is 1. The maximum Gasteiger partial charge on any atom is 0.354 e. The SMILES string of the molecule is CN(Cc1cc(Br)cs1)C(=O)c1nc[nH]c1C(=O)O. The van der Waals surface area contributed by atoms with Crippen LogP contribution in [0.2, 0.25) is 0 Å². The Kier molecular flexibility index (Phi) is 4.01. The summed E-state index contributed by atoms with van der Waals surface area (Å²) in [7, 11) is 1.61. The molecule has 0 radical (unpaired) electrons. The quantitative estimate of drug-likeness (QED) is 0.890. The van der Waals surface area contributed by atoms with Crippen LogP contribution in [-0.2, 0) is 6.54 Å². The van der Waals surface area contributed by atoms with Crippen molar-refractivity contribution in [3.8, 4) is 0 Å². The van der Waals surface area contributed by atoms with Crippen molar-refractivity contribution in [2.24, 2.45) is 0 Å². The van der Waals surface area contributed by atoms with Crippen molar-refractivity contribution >= 4 is 39.1 Å². The molecule has 0 unspecified atom stereocenters. The molecule has 8 heteroatoms. The summed E-state index contributed by atoms with van der Waals surface area (Å²) < 4.78 is 0.958. The van der Waals surface area contributed by atoms with E-state index in [0.717, 1.165) is 9.35 Å². The van der Waals surface area contributed by atoms with E-state index in [-0.39, 0.29) is 11.4 Å². The van der Waals surface area contributed by atoms with Gasteiger partial charge in [-0.05, 0) is 22.0 Å². The van der Waals surface area contributed by atoms with Crippen molar-refractivity contribution in [2.45, 2.75) is 6.54 Å². The maximum atomic E-state index is 12.1. The fourth-order valence-corrected chi connectivity index (χ4v) is 3.05. The number of carboxylic acid groups (broad SMARTS) is 1. The normalized spacial score (nSPS) is 10.4. The van der Waals surface area contributed by atoms with E-state index >= 15 is 0 Å². The number of hydrogen-bond acceptors (Lipinski definition) is 4. The highest BCUT2D eigenvalue weighted by molar-refractivity contribution is 9.10. The third-order valence-corrected chi connectivity index (χ3v) is 4.10. The van der Waals surface area contributed by atoms with Gasteiger partial charge in [-0.1, -0.05) is 0 Å². The summed E-state index contributed by atoms with van der Waals surface area (Å²) >= 11 is 4.86. The maximum absolute atomic E-state index is 12.1. The molecule has 0 atom stereocenters. The molecule has 2 rings (SSSR count). The van der Waals surface area contributed by atoms with Gasteiger partial charge in [0.05, 0.1) is 12.9 Å². The predicted molar refractivity (Wildman–Crippen MR) is 73.4 cm³/mol. The van der Waals surface area contributed by atoms with E-state index in [4.69, 9.17) is 5.11 Å². The van der Waals surface area contributed by atoms with Crippen molar-refractivity contribution in [1.82, 2.24) is 14.9 Å². The lowest BCUT2D eigenvalue weighted by atomic mass is 10.3. The van der Waals surface area contributed by atoms with Gasteiger partial charge in [-0.15, -0.1) is 11.3 Å². The van der Waals surface area contributed by atoms with Crippen LogP contribution in [0, 0.1) is 0 Å². The predicted octanol–water partition coefficient (Wildman–Crippen LogP) is 2.20. The first-order chi connectivity index (χ1) is 8.99. The number of nitrogens with zero attached hydrogens (tertiary/aromatic N) is 2. The van der Waals surface area contributed by atoms with Crippen LogP contribution in [0.25, 0.3) is 0 Å². The molecule has 100 valence electrons. The van der Waals surface area contributed by atoms with Gasteiger partial charge in [0.15, 0.2) is 11.4 Å². The van der Waals surface area contributed by atoms with E-state index in [0.29, 0.717) is 6.54 Å². The lowest BCUT2D eigenvalue weighted by molar-refractivity contribution is 0.0674. The number of carbonyl (C=O) groups is 2. The molecule has 0 aliphatic carbocycles. The van der Waals surface area contributed by atoms with Crippen molar-refractivity contribution in [3.63, 3.8) is 0 Å². The summed E-state index contributed by atoms with van der Waals surface area (Å²) in [4.78, 5) is 31.7. The molecule has 0 saturated heterocycles. The van der Waals surface area contributed by atoms with Crippen molar-refractivity contribution in [2.75, 3.05) is 7.05 Å². The lowest BCUT2D eigenvalue weighted by Gasteiger charge is -2.15. The summed E-state index contributed by atoms with van der Waals surface area (Å²) in [6.45, 7) is 0.404. The summed E-state index contributed by atoms with van der Waals surface area (Å²) in [6.07, 6.45) is 1.20. The minimum Gasteiger partial charge on any atom is -0.477 e. The number of carbonyl (C=O) groups excluding carboxylic acids is 1. The number of aromatic carboxylic acids is 1. The molecular weight excluding hydrogens is 334 g/mol. The van der Waals surface area contributed by atoms with E-state index < -0.39 is 11.9 Å². The molecule has 0 bridgehead atoms. The third kappa shape index (κ3) is 3.02. The van der Waals surface area contributed by atoms with Gasteiger partial charge in [-0.25, -0.2) is 9.78 Å². The Morgan fingerprint density at radius 3 is 2.89 bits per heavy atom. The Balaban J connectivity index is 2.15. The fraction of sp³-hybridized carbons (Fsp3) is 0.182. The van der Waals surface area contributed by atoms with E-state index in [1.807, 2.05) is 11.4 Å². The number of amides is 1. The minimum atomic E-state index is -1.20. The first kappa shape index (κ1) is 13.8. The zero-order valence-electron chi connectivity index (χ0n) is 9.88. The molecule has 1 amide bonds. The highest BCUT2D eigenvalue weighted by Crippen LogP contribution is 2.21. The van der Waals surface area contributed by atoms with Crippen molar-refractivity contribution in [1.29, 1.82) is 0 Å². The van der Waals surface area contributed by atoms with E-state index in [9.17, 15) is 9.59 Å². The topological polar surface area (TPSA) is 86.3 Å². The van der Waals surface area contributed by atoms with Crippen LogP contribution in [-0.4, -0.2) is 38.9 Å². The van der Waals surface area contributed by atoms with Crippen LogP contribution in [0.1, 0.15) is 25.9 Å². The second kappa shape index (κ2) is 5.54. The number of rotatable bonds is 4. The molecule has 0 spiro atoms. The van der Waals surface area contributed by atoms with Crippen molar-refractivity contribution < 1.29 is 14.7 Å². The lowest BCUT2D eigenvalue weighted by Crippen LogP contribution is -2.27. The smallest absolute Gasteiger partial charge is 0.354 e. The molecule has 2 aromatic heterocycles. The van der Waals surface area contributed by atoms with Gasteiger partial charge in [0.25, 0.3) is 5.91 Å². The Labute approximate surface area is 121 Å². The van der Waals surface area contributed by atoms with Gasteiger partial charge in [0.1, 0.15) is 0 Å². The summed E-state index contributed by atoms with van der Waals surface area (Å²) in [5.41, 5.74) is -0.269. The summed E-state index contributed by atoms with van der Waals surface area (Å²) in [6, 6.07) is 1.91. The highest BCUT2D eigenvalue weighted by Gasteiger charge is 2.22. The van der Waals surface area contributed by atoms with E-state index in [2.05, 4.69) is 25.9 Å². The molecule has 0 fully saturated rings. The fourth-order valence-electron chi connectivity index (χ4n) is 1.54. The Morgan fingerprint density at radius 1 is 1.58 bits per heavy atom. The van der Waals surface area contributed by atoms with E-state index in [1.54, 1.807) is 7.05 Å². The Hall–Kier alpha value is -1.67. The van der Waals surface area contributed by atoms with Crippen LogP contribution in [0.3, 0.4) is 0 Å². The minimum absolute atomic E-state index is 0.0781. The van der Waals surface area contributed by atoms with Crippen LogP contribution in [0.15, 0.2) is 22.2 Å². The monoisotopic (exact) mass is 343 g/mol. The van der Waals surface area contributed by atoms with Gasteiger partial charge in [-0.2, -0.15) is 0 Å². The Bertz CT molecular complexity index is 622. The first-order valence-corrected chi connectivity index (χ1v) is 6.91. The number of nitrogens with one attached hydrogen (secondary N) is 1. The molecule has 0 aliphatic rings. The molecule has 2 heterocycles. The van der Waals surface area contributed by atoms with Gasteiger partial charge in [0, 0.05) is 21.8 Å². The average Bonchev–Trinajstić information content (AvgIpc) is 2.97. The molecule has 0 aromatic carbocycles. The number of thiophene rings is 1. The number of carboxylic acids is 1. The largest absolute Gasteiger partial charge is 0.477 e. The number of aromatic amines is 1. The van der Waals surface area contributed by atoms with Gasteiger partial charge in [0.2, 0.25) is 0 Å². The number of H-pyrrole nitrogens is 1. The zero-order valence-corrected chi connectivity index (χ0v) is 12.3. The van der Waals surface area contributed by atoms with E-state index in [1.165, 1.54) is 22.6 Å². The van der Waals surface area contributed by atoms with Crippen LogP contribution >= 0.6 is 27.3 Å². The standard InChI is InChI=1S/C11H10BrN3O3S/c1-15(3-7-2-6(12)4-19-7)10(16)8-9(11(17)18)14-5-13-8/h2,4-5H,3H2,1H3,(H,13,14)(H,17,18). The molecule has 2 N–H and O–H groups in total. The molecule has 19 heavy (non-hydrogen) atoms. The molecule has 0 aliphatic heterocycles. The summed E-state index contributed by atoms with van der Waals surface area (Å²) in [5, 5.41) is 10.9.